The second kappa shape index (κ2) is 5.13. The van der Waals surface area contributed by atoms with Crippen molar-refractivity contribution >= 4 is 5.82 Å². The Morgan fingerprint density at radius 2 is 2.00 bits per heavy atom. The Hall–Kier alpha value is -2.34. The van der Waals surface area contributed by atoms with E-state index in [1.807, 2.05) is 18.2 Å². The number of nitrogens with one attached hydrogen (secondary N) is 1. The number of pyridine rings is 1. The first-order valence-electron chi connectivity index (χ1n) is 5.47. The van der Waals surface area contributed by atoms with Gasteiger partial charge in [0.2, 0.25) is 0 Å². The van der Waals surface area contributed by atoms with E-state index in [1.54, 1.807) is 18.3 Å². The molecule has 84 valence electrons. The summed E-state index contributed by atoms with van der Waals surface area (Å²) < 4.78 is 0. The minimum absolute atomic E-state index is 0.164. The minimum atomic E-state index is 0.164. The van der Waals surface area contributed by atoms with Crippen molar-refractivity contribution in [2.75, 3.05) is 5.32 Å². The highest BCUT2D eigenvalue weighted by atomic mass is 15.0. The van der Waals surface area contributed by atoms with Crippen LogP contribution in [0.1, 0.15) is 24.1 Å². The second-order valence-corrected chi connectivity index (χ2v) is 3.82. The molecule has 1 atom stereocenters. The first-order chi connectivity index (χ1) is 8.29. The number of hydrogen-bond acceptors (Lipinski definition) is 3. The smallest absolute Gasteiger partial charge is 0.127 e. The van der Waals surface area contributed by atoms with Gasteiger partial charge in [-0.25, -0.2) is 4.98 Å². The molecule has 0 radical (unpaired) electrons. The van der Waals surface area contributed by atoms with Gasteiger partial charge in [-0.05, 0) is 24.6 Å². The fraction of sp³-hybridized carbons (Fsp3) is 0.143. The molecule has 0 saturated carbocycles. The molecular formula is C14H13N3. The van der Waals surface area contributed by atoms with E-state index < -0.39 is 0 Å². The maximum atomic E-state index is 8.81. The predicted molar refractivity (Wildman–Crippen MR) is 67.4 cm³/mol. The van der Waals surface area contributed by atoms with Gasteiger partial charge in [0.25, 0.3) is 0 Å². The monoisotopic (exact) mass is 223 g/mol. The SMILES string of the molecule is C[C@H](Nc1cc(C#N)ccn1)c1ccccc1. The van der Waals surface area contributed by atoms with Crippen LogP contribution in [-0.2, 0) is 0 Å². The normalized spacial score (nSPS) is 11.5. The summed E-state index contributed by atoms with van der Waals surface area (Å²) in [6.07, 6.45) is 1.64. The zero-order valence-electron chi connectivity index (χ0n) is 9.59. The Morgan fingerprint density at radius 3 is 2.71 bits per heavy atom. The van der Waals surface area contributed by atoms with E-state index in [0.717, 1.165) is 5.82 Å². The topological polar surface area (TPSA) is 48.7 Å². The molecule has 1 heterocycles. The molecule has 0 saturated heterocycles. The molecule has 2 aromatic rings. The Kier molecular flexibility index (Phi) is 3.37. The van der Waals surface area contributed by atoms with E-state index in [-0.39, 0.29) is 6.04 Å². The highest BCUT2D eigenvalue weighted by Gasteiger charge is 2.05. The van der Waals surface area contributed by atoms with Crippen molar-refractivity contribution in [3.8, 4) is 6.07 Å². The number of anilines is 1. The van der Waals surface area contributed by atoms with Crippen LogP contribution in [-0.4, -0.2) is 4.98 Å². The lowest BCUT2D eigenvalue weighted by Crippen LogP contribution is -2.07. The average molecular weight is 223 g/mol. The molecule has 3 heteroatoms. The molecule has 0 amide bonds. The van der Waals surface area contributed by atoms with Crippen LogP contribution in [0.5, 0.6) is 0 Å². The Labute approximate surface area is 101 Å². The van der Waals surface area contributed by atoms with Gasteiger partial charge < -0.3 is 5.32 Å². The van der Waals surface area contributed by atoms with Gasteiger partial charge in [-0.15, -0.1) is 0 Å². The van der Waals surface area contributed by atoms with E-state index in [2.05, 4.69) is 35.4 Å². The summed E-state index contributed by atoms with van der Waals surface area (Å²) in [6, 6.07) is 15.8. The summed E-state index contributed by atoms with van der Waals surface area (Å²) in [5, 5.41) is 12.1. The maximum absolute atomic E-state index is 8.81. The standard InChI is InChI=1S/C14H13N3/c1-11(13-5-3-2-4-6-13)17-14-9-12(10-15)7-8-16-14/h2-9,11H,1H3,(H,16,17)/t11-/m0/s1. The molecule has 3 nitrogen and oxygen atoms in total. The van der Waals surface area contributed by atoms with Gasteiger partial charge in [0.1, 0.15) is 5.82 Å². The molecule has 0 unspecified atom stereocenters. The minimum Gasteiger partial charge on any atom is -0.364 e. The lowest BCUT2D eigenvalue weighted by molar-refractivity contribution is 0.874. The summed E-state index contributed by atoms with van der Waals surface area (Å²) in [5.41, 5.74) is 1.81. The molecule has 0 fully saturated rings. The summed E-state index contributed by atoms with van der Waals surface area (Å²) in [7, 11) is 0. The van der Waals surface area contributed by atoms with Gasteiger partial charge in [-0.3, -0.25) is 0 Å². The molecular weight excluding hydrogens is 210 g/mol. The molecule has 0 aliphatic carbocycles. The second-order valence-electron chi connectivity index (χ2n) is 3.82. The third-order valence-electron chi connectivity index (χ3n) is 2.55. The third kappa shape index (κ3) is 2.82. The van der Waals surface area contributed by atoms with Gasteiger partial charge in [0.15, 0.2) is 0 Å². The van der Waals surface area contributed by atoms with Crippen LogP contribution in [0.2, 0.25) is 0 Å². The molecule has 0 spiro atoms. The number of nitrogens with zero attached hydrogens (tertiary/aromatic N) is 2. The van der Waals surface area contributed by atoms with E-state index >= 15 is 0 Å². The molecule has 2 rings (SSSR count). The van der Waals surface area contributed by atoms with Crippen molar-refractivity contribution in [3.05, 3.63) is 59.8 Å². The van der Waals surface area contributed by atoms with Gasteiger partial charge in [0.05, 0.1) is 11.6 Å². The summed E-state index contributed by atoms with van der Waals surface area (Å²) in [4.78, 5) is 4.19. The van der Waals surface area contributed by atoms with Crippen molar-refractivity contribution in [1.29, 1.82) is 5.26 Å². The van der Waals surface area contributed by atoms with Crippen LogP contribution < -0.4 is 5.32 Å². The average Bonchev–Trinajstić information content (AvgIpc) is 2.40. The molecule has 1 aromatic heterocycles. The zero-order valence-corrected chi connectivity index (χ0v) is 9.59. The number of aromatic nitrogens is 1. The first kappa shape index (κ1) is 11.2. The van der Waals surface area contributed by atoms with Gasteiger partial charge in [0, 0.05) is 12.2 Å². The predicted octanol–water partition coefficient (Wildman–Crippen LogP) is 3.13. The third-order valence-corrected chi connectivity index (χ3v) is 2.55. The van der Waals surface area contributed by atoms with Crippen molar-refractivity contribution in [1.82, 2.24) is 4.98 Å². The number of nitriles is 1. The molecule has 0 aliphatic heterocycles. The fourth-order valence-electron chi connectivity index (χ4n) is 1.63. The summed E-state index contributed by atoms with van der Waals surface area (Å²) in [6.45, 7) is 2.07. The van der Waals surface area contributed by atoms with E-state index in [9.17, 15) is 0 Å². The van der Waals surface area contributed by atoms with Gasteiger partial charge in [-0.1, -0.05) is 30.3 Å². The maximum Gasteiger partial charge on any atom is 0.127 e. The van der Waals surface area contributed by atoms with Crippen LogP contribution in [0.3, 0.4) is 0 Å². The first-order valence-corrected chi connectivity index (χ1v) is 5.47. The van der Waals surface area contributed by atoms with E-state index in [0.29, 0.717) is 5.56 Å². The van der Waals surface area contributed by atoms with Crippen molar-refractivity contribution in [3.63, 3.8) is 0 Å². The number of hydrogen-bond donors (Lipinski definition) is 1. The van der Waals surface area contributed by atoms with E-state index in [1.165, 1.54) is 5.56 Å². The molecule has 1 aromatic carbocycles. The van der Waals surface area contributed by atoms with E-state index in [4.69, 9.17) is 5.26 Å². The van der Waals surface area contributed by atoms with Gasteiger partial charge in [-0.2, -0.15) is 5.26 Å². The number of benzene rings is 1. The Bertz CT molecular complexity index is 529. The van der Waals surface area contributed by atoms with Crippen LogP contribution in [0.4, 0.5) is 5.82 Å². The quantitative estimate of drug-likeness (QED) is 0.869. The molecule has 17 heavy (non-hydrogen) atoms. The highest BCUT2D eigenvalue weighted by molar-refractivity contribution is 5.44. The number of rotatable bonds is 3. The Balaban J connectivity index is 2.13. The van der Waals surface area contributed by atoms with Crippen molar-refractivity contribution < 1.29 is 0 Å². The Morgan fingerprint density at radius 1 is 1.24 bits per heavy atom. The van der Waals surface area contributed by atoms with Crippen LogP contribution in [0.15, 0.2) is 48.7 Å². The van der Waals surface area contributed by atoms with Crippen LogP contribution >= 0.6 is 0 Å². The fourth-order valence-corrected chi connectivity index (χ4v) is 1.63. The largest absolute Gasteiger partial charge is 0.364 e. The lowest BCUT2D eigenvalue weighted by Gasteiger charge is -2.14. The highest BCUT2D eigenvalue weighted by Crippen LogP contribution is 2.17. The summed E-state index contributed by atoms with van der Waals surface area (Å²) in [5.74, 6) is 0.723. The molecule has 0 aliphatic rings. The van der Waals surface area contributed by atoms with Crippen molar-refractivity contribution in [2.24, 2.45) is 0 Å². The van der Waals surface area contributed by atoms with Crippen LogP contribution in [0, 0.1) is 11.3 Å². The van der Waals surface area contributed by atoms with Crippen molar-refractivity contribution in [2.45, 2.75) is 13.0 Å². The lowest BCUT2D eigenvalue weighted by atomic mass is 10.1. The summed E-state index contributed by atoms with van der Waals surface area (Å²) >= 11 is 0. The zero-order chi connectivity index (χ0) is 12.1. The van der Waals surface area contributed by atoms with Gasteiger partial charge >= 0.3 is 0 Å². The molecule has 1 N–H and O–H groups in total. The molecule has 0 bridgehead atoms. The van der Waals surface area contributed by atoms with Crippen LogP contribution in [0.25, 0.3) is 0 Å².